The van der Waals surface area contributed by atoms with Crippen molar-refractivity contribution < 1.29 is 4.79 Å². The van der Waals surface area contributed by atoms with Gasteiger partial charge in [0, 0.05) is 36.3 Å². The minimum atomic E-state index is 0.548. The van der Waals surface area contributed by atoms with Gasteiger partial charge in [-0.15, -0.1) is 0 Å². The maximum Gasteiger partial charge on any atom is 0.233 e. The Kier molecular flexibility index (Phi) is 6.39. The highest BCUT2D eigenvalue weighted by molar-refractivity contribution is 5.75. The van der Waals surface area contributed by atoms with Crippen LogP contribution in [0.25, 0.3) is 0 Å². The van der Waals surface area contributed by atoms with Crippen molar-refractivity contribution in [3.8, 4) is 11.8 Å². The van der Waals surface area contributed by atoms with Crippen LogP contribution in [0.5, 0.6) is 0 Å². The molecule has 1 fully saturated rings. The summed E-state index contributed by atoms with van der Waals surface area (Å²) in [5.41, 5.74) is 3.71. The van der Waals surface area contributed by atoms with Crippen molar-refractivity contribution in [1.29, 1.82) is 0 Å². The molecule has 0 amide bonds. The fourth-order valence-corrected chi connectivity index (χ4v) is 2.95. The highest BCUT2D eigenvalue weighted by atomic mass is 16.1. The number of carbonyl (C=O) groups excluding carboxylic acids is 1. The van der Waals surface area contributed by atoms with Crippen molar-refractivity contribution in [3.63, 3.8) is 0 Å². The minimum Gasteiger partial charge on any atom is -0.311 e. The van der Waals surface area contributed by atoms with E-state index in [2.05, 4.69) is 46.3 Å². The summed E-state index contributed by atoms with van der Waals surface area (Å²) in [5, 5.41) is 3.51. The third-order valence-corrected chi connectivity index (χ3v) is 4.44. The van der Waals surface area contributed by atoms with Gasteiger partial charge in [0.1, 0.15) is 0 Å². The van der Waals surface area contributed by atoms with Crippen LogP contribution in [0.1, 0.15) is 35.1 Å². The van der Waals surface area contributed by atoms with E-state index in [4.69, 9.17) is 0 Å². The summed E-state index contributed by atoms with van der Waals surface area (Å²) in [4.78, 5) is 13.0. The molecule has 25 heavy (non-hydrogen) atoms. The largest absolute Gasteiger partial charge is 0.311 e. The molecular weight excluding hydrogens is 308 g/mol. The van der Waals surface area contributed by atoms with E-state index >= 15 is 0 Å². The summed E-state index contributed by atoms with van der Waals surface area (Å²) in [5.74, 6) is 6.27. The van der Waals surface area contributed by atoms with E-state index in [1.54, 1.807) is 12.1 Å². The van der Waals surface area contributed by atoms with E-state index in [1.807, 2.05) is 18.4 Å². The van der Waals surface area contributed by atoms with Gasteiger partial charge in [0.2, 0.25) is 6.29 Å². The molecule has 3 heteroatoms. The van der Waals surface area contributed by atoms with Crippen LogP contribution in [0.4, 0.5) is 0 Å². The number of hydrogen-bond acceptors (Lipinski definition) is 3. The number of benzene rings is 2. The molecule has 0 atom stereocenters. The van der Waals surface area contributed by atoms with E-state index < -0.39 is 0 Å². The maximum absolute atomic E-state index is 10.5. The lowest BCUT2D eigenvalue weighted by Gasteiger charge is -2.14. The molecule has 0 spiro atoms. The molecule has 3 nitrogen and oxygen atoms in total. The Balaban J connectivity index is 1.46. The second kappa shape index (κ2) is 9.17. The predicted octanol–water partition coefficient (Wildman–Crippen LogP) is 2.73. The Morgan fingerprint density at radius 2 is 1.40 bits per heavy atom. The van der Waals surface area contributed by atoms with Crippen LogP contribution in [0.3, 0.4) is 0 Å². The first-order valence-corrected chi connectivity index (χ1v) is 8.86. The molecule has 1 heterocycles. The quantitative estimate of drug-likeness (QED) is 0.652. The second-order valence-electron chi connectivity index (χ2n) is 6.35. The van der Waals surface area contributed by atoms with Gasteiger partial charge in [0.05, 0.1) is 0 Å². The second-order valence-corrected chi connectivity index (χ2v) is 6.35. The van der Waals surface area contributed by atoms with Crippen LogP contribution in [0.15, 0.2) is 48.5 Å². The smallest absolute Gasteiger partial charge is 0.233 e. The van der Waals surface area contributed by atoms with Gasteiger partial charge in [-0.05, 0) is 67.9 Å². The van der Waals surface area contributed by atoms with Crippen LogP contribution < -0.4 is 5.32 Å². The number of nitrogens with zero attached hydrogens (tertiary/aromatic N) is 1. The highest BCUT2D eigenvalue weighted by Crippen LogP contribution is 2.07. The topological polar surface area (TPSA) is 32.3 Å². The molecule has 1 aliphatic heterocycles. The van der Waals surface area contributed by atoms with Gasteiger partial charge in [0.25, 0.3) is 0 Å². The molecule has 0 bridgehead atoms. The van der Waals surface area contributed by atoms with E-state index in [-0.39, 0.29) is 0 Å². The molecule has 0 aliphatic carbocycles. The zero-order chi connectivity index (χ0) is 17.3. The highest BCUT2D eigenvalue weighted by Gasteiger charge is 2.09. The Hall–Kier alpha value is -2.41. The molecule has 0 unspecified atom stereocenters. The summed E-state index contributed by atoms with van der Waals surface area (Å²) >= 11 is 0. The van der Waals surface area contributed by atoms with Crippen LogP contribution in [0, 0.1) is 11.8 Å². The van der Waals surface area contributed by atoms with Crippen molar-refractivity contribution in [2.24, 2.45) is 0 Å². The summed E-state index contributed by atoms with van der Waals surface area (Å²) in [6, 6.07) is 15.5. The monoisotopic (exact) mass is 331 g/mol. The van der Waals surface area contributed by atoms with Gasteiger partial charge >= 0.3 is 0 Å². The van der Waals surface area contributed by atoms with Gasteiger partial charge in [-0.25, -0.2) is 0 Å². The molecular formula is C22H23N2O. The lowest BCUT2D eigenvalue weighted by Crippen LogP contribution is -2.29. The number of rotatable bonds is 6. The lowest BCUT2D eigenvalue weighted by atomic mass is 10.1. The molecule has 1 radical (unpaired) electrons. The van der Waals surface area contributed by atoms with Gasteiger partial charge in [-0.1, -0.05) is 24.0 Å². The molecule has 2 aromatic carbocycles. The molecule has 1 saturated heterocycles. The van der Waals surface area contributed by atoms with Crippen molar-refractivity contribution in [2.45, 2.75) is 19.4 Å². The number of likely N-dealkylation sites (tertiary alicyclic amines) is 1. The minimum absolute atomic E-state index is 0.548. The lowest BCUT2D eigenvalue weighted by molar-refractivity contribution is 0.335. The average molecular weight is 331 g/mol. The van der Waals surface area contributed by atoms with Crippen molar-refractivity contribution in [1.82, 2.24) is 10.2 Å². The SMILES string of the molecule is O=[C]c1ccc(C#Cc2ccc(CNCCN3CCCC3)cc2)cc1. The standard InChI is InChI=1S/C22H23N2O/c25-18-22-11-7-20(8-12-22)4-3-19-5-9-21(10-6-19)17-23-13-16-24-14-1-2-15-24/h5-12,23H,1-2,13-17H2. The average Bonchev–Trinajstić information content (AvgIpc) is 3.18. The first kappa shape index (κ1) is 17.4. The Bertz CT molecular complexity index is 732. The van der Waals surface area contributed by atoms with E-state index in [1.165, 1.54) is 31.5 Å². The molecule has 2 aromatic rings. The Labute approximate surface area is 150 Å². The fraction of sp³-hybridized carbons (Fsp3) is 0.318. The first-order valence-electron chi connectivity index (χ1n) is 8.86. The van der Waals surface area contributed by atoms with Crippen LogP contribution in [-0.2, 0) is 11.3 Å². The number of nitrogens with one attached hydrogen (secondary N) is 1. The van der Waals surface area contributed by atoms with Crippen molar-refractivity contribution >= 4 is 6.29 Å². The van der Waals surface area contributed by atoms with Crippen LogP contribution in [0.2, 0.25) is 0 Å². The molecule has 1 aliphatic rings. The maximum atomic E-state index is 10.5. The van der Waals surface area contributed by atoms with Crippen LogP contribution in [-0.4, -0.2) is 37.4 Å². The molecule has 0 saturated carbocycles. The fourth-order valence-electron chi connectivity index (χ4n) is 2.95. The third kappa shape index (κ3) is 5.56. The van der Waals surface area contributed by atoms with E-state index in [9.17, 15) is 4.79 Å². The van der Waals surface area contributed by atoms with Crippen LogP contribution >= 0.6 is 0 Å². The summed E-state index contributed by atoms with van der Waals surface area (Å²) < 4.78 is 0. The van der Waals surface area contributed by atoms with Crippen molar-refractivity contribution in [3.05, 3.63) is 70.8 Å². The van der Waals surface area contributed by atoms with Crippen molar-refractivity contribution in [2.75, 3.05) is 26.2 Å². The van der Waals surface area contributed by atoms with Gasteiger partial charge < -0.3 is 10.2 Å². The molecule has 127 valence electrons. The Morgan fingerprint density at radius 3 is 2.00 bits per heavy atom. The van der Waals surface area contributed by atoms with Gasteiger partial charge in [-0.2, -0.15) is 0 Å². The summed E-state index contributed by atoms with van der Waals surface area (Å²) in [6.45, 7) is 5.58. The molecule has 1 N–H and O–H groups in total. The van der Waals surface area contributed by atoms with E-state index in [0.717, 1.165) is 30.8 Å². The first-order chi connectivity index (χ1) is 12.3. The normalized spacial score (nSPS) is 14.1. The zero-order valence-corrected chi connectivity index (χ0v) is 14.4. The third-order valence-electron chi connectivity index (χ3n) is 4.44. The van der Waals surface area contributed by atoms with Gasteiger partial charge in [-0.3, -0.25) is 4.79 Å². The summed E-state index contributed by atoms with van der Waals surface area (Å²) in [6.07, 6.45) is 4.56. The van der Waals surface area contributed by atoms with E-state index in [0.29, 0.717) is 5.56 Å². The Morgan fingerprint density at radius 1 is 0.840 bits per heavy atom. The molecule has 3 rings (SSSR count). The molecule has 0 aromatic heterocycles. The number of hydrogen-bond donors (Lipinski definition) is 1. The zero-order valence-electron chi connectivity index (χ0n) is 14.4. The van der Waals surface area contributed by atoms with Gasteiger partial charge in [0.15, 0.2) is 0 Å². The summed E-state index contributed by atoms with van der Waals surface area (Å²) in [7, 11) is 0. The predicted molar refractivity (Wildman–Crippen MR) is 101 cm³/mol.